The lowest BCUT2D eigenvalue weighted by molar-refractivity contribution is -0.122. The maximum Gasteiger partial charge on any atom is 0.236 e. The van der Waals surface area contributed by atoms with Crippen LogP contribution in [0, 0.1) is 0 Å². The molecule has 0 aliphatic carbocycles. The van der Waals surface area contributed by atoms with Crippen LogP contribution in [0.1, 0.15) is 13.8 Å². The van der Waals surface area contributed by atoms with Gasteiger partial charge in [0.1, 0.15) is 0 Å². The van der Waals surface area contributed by atoms with Gasteiger partial charge >= 0.3 is 0 Å². The second-order valence-corrected chi connectivity index (χ2v) is 5.82. The number of para-hydroxylation sites is 1. The predicted molar refractivity (Wildman–Crippen MR) is 86.3 cm³/mol. The third kappa shape index (κ3) is 4.72. The van der Waals surface area contributed by atoms with Gasteiger partial charge in [-0.2, -0.15) is 0 Å². The van der Waals surface area contributed by atoms with Crippen LogP contribution in [0.15, 0.2) is 30.3 Å². The Hall–Kier alpha value is -1.59. The lowest BCUT2D eigenvalue weighted by Crippen LogP contribution is -2.52. The highest BCUT2D eigenvalue weighted by Crippen LogP contribution is 2.15. The third-order valence-electron chi connectivity index (χ3n) is 3.83. The fraction of sp³-hybridized carbons (Fsp3) is 0.562. The standard InChI is InChI=1S/C16H26N4O/c1-13(18-16(21)14(2)17)12-19-8-10-20(11-9-19)15-6-4-3-5-7-15/h3-7,13-14H,8-12,17H2,1-2H3,(H,18,21)/t13?,14-/m1/s1. The van der Waals surface area contributed by atoms with E-state index in [-0.39, 0.29) is 11.9 Å². The molecule has 2 rings (SSSR count). The zero-order chi connectivity index (χ0) is 15.2. The van der Waals surface area contributed by atoms with E-state index in [9.17, 15) is 4.79 Å². The number of nitrogens with two attached hydrogens (primary N) is 1. The Labute approximate surface area is 127 Å². The minimum atomic E-state index is -0.442. The van der Waals surface area contributed by atoms with Crippen molar-refractivity contribution in [3.63, 3.8) is 0 Å². The van der Waals surface area contributed by atoms with E-state index in [0.29, 0.717) is 0 Å². The highest BCUT2D eigenvalue weighted by atomic mass is 16.2. The van der Waals surface area contributed by atoms with E-state index in [1.165, 1.54) is 5.69 Å². The van der Waals surface area contributed by atoms with Crippen molar-refractivity contribution in [3.8, 4) is 0 Å². The summed E-state index contributed by atoms with van der Waals surface area (Å²) >= 11 is 0. The number of hydrogen-bond acceptors (Lipinski definition) is 4. The number of hydrogen-bond donors (Lipinski definition) is 2. The molecule has 1 unspecified atom stereocenters. The van der Waals surface area contributed by atoms with Gasteiger partial charge in [-0.3, -0.25) is 9.69 Å². The monoisotopic (exact) mass is 290 g/mol. The quantitative estimate of drug-likeness (QED) is 0.836. The van der Waals surface area contributed by atoms with Crippen LogP contribution in [-0.4, -0.2) is 55.6 Å². The average Bonchev–Trinajstić information content (AvgIpc) is 2.48. The molecule has 1 aliphatic heterocycles. The first-order chi connectivity index (χ1) is 10.1. The Morgan fingerprint density at radius 1 is 1.19 bits per heavy atom. The van der Waals surface area contributed by atoms with Gasteiger partial charge in [0.15, 0.2) is 0 Å². The zero-order valence-corrected chi connectivity index (χ0v) is 13.0. The van der Waals surface area contributed by atoms with Crippen LogP contribution in [0.3, 0.4) is 0 Å². The first-order valence-corrected chi connectivity index (χ1v) is 7.64. The molecule has 3 N–H and O–H groups in total. The van der Waals surface area contributed by atoms with E-state index < -0.39 is 6.04 Å². The molecule has 0 bridgehead atoms. The SMILES string of the molecule is CC(CN1CCN(c2ccccc2)CC1)NC(=O)[C@@H](C)N. The van der Waals surface area contributed by atoms with Crippen LogP contribution in [-0.2, 0) is 4.79 Å². The van der Waals surface area contributed by atoms with Crippen LogP contribution in [0.5, 0.6) is 0 Å². The van der Waals surface area contributed by atoms with Gasteiger partial charge in [0, 0.05) is 44.5 Å². The number of rotatable bonds is 5. The summed E-state index contributed by atoms with van der Waals surface area (Å²) in [6, 6.07) is 10.2. The van der Waals surface area contributed by atoms with E-state index in [0.717, 1.165) is 32.7 Å². The van der Waals surface area contributed by atoms with Crippen molar-refractivity contribution in [2.45, 2.75) is 25.9 Å². The van der Waals surface area contributed by atoms with Gasteiger partial charge in [-0.05, 0) is 26.0 Å². The maximum atomic E-state index is 11.6. The Morgan fingerprint density at radius 3 is 2.38 bits per heavy atom. The number of nitrogens with zero attached hydrogens (tertiary/aromatic N) is 2. The Kier molecular flexibility index (Phi) is 5.59. The van der Waals surface area contributed by atoms with E-state index in [1.54, 1.807) is 6.92 Å². The smallest absolute Gasteiger partial charge is 0.236 e. The van der Waals surface area contributed by atoms with E-state index in [4.69, 9.17) is 5.73 Å². The number of benzene rings is 1. The van der Waals surface area contributed by atoms with Gasteiger partial charge in [0.2, 0.25) is 5.91 Å². The summed E-state index contributed by atoms with van der Waals surface area (Å²) in [6.07, 6.45) is 0. The molecule has 5 heteroatoms. The van der Waals surface area contributed by atoms with Crippen LogP contribution >= 0.6 is 0 Å². The Bertz CT molecular complexity index is 441. The molecule has 0 aromatic heterocycles. The van der Waals surface area contributed by atoms with Crippen LogP contribution in [0.25, 0.3) is 0 Å². The number of nitrogens with one attached hydrogen (secondary N) is 1. The van der Waals surface area contributed by atoms with Gasteiger partial charge < -0.3 is 16.0 Å². The average molecular weight is 290 g/mol. The summed E-state index contributed by atoms with van der Waals surface area (Å²) in [5.41, 5.74) is 6.86. The van der Waals surface area contributed by atoms with Crippen LogP contribution in [0.4, 0.5) is 5.69 Å². The Balaban J connectivity index is 1.75. The minimum absolute atomic E-state index is 0.0783. The van der Waals surface area contributed by atoms with Gasteiger partial charge in [-0.1, -0.05) is 18.2 Å². The molecular formula is C16H26N4O. The molecule has 116 valence electrons. The van der Waals surface area contributed by atoms with Crippen molar-refractivity contribution in [3.05, 3.63) is 30.3 Å². The number of piperazine rings is 1. The van der Waals surface area contributed by atoms with Crippen molar-refractivity contribution in [1.82, 2.24) is 10.2 Å². The molecule has 1 heterocycles. The molecule has 2 atom stereocenters. The first-order valence-electron chi connectivity index (χ1n) is 7.64. The number of anilines is 1. The molecule has 0 spiro atoms. The summed E-state index contributed by atoms with van der Waals surface area (Å²) in [5.74, 6) is -0.0783. The lowest BCUT2D eigenvalue weighted by atomic mass is 10.2. The van der Waals surface area contributed by atoms with Gasteiger partial charge in [0.25, 0.3) is 0 Å². The highest BCUT2D eigenvalue weighted by molar-refractivity contribution is 5.81. The topological polar surface area (TPSA) is 61.6 Å². The summed E-state index contributed by atoms with van der Waals surface area (Å²) < 4.78 is 0. The number of carbonyl (C=O) groups excluding carboxylic acids is 1. The second kappa shape index (κ2) is 7.43. The molecule has 1 amide bonds. The molecule has 1 aromatic rings. The molecular weight excluding hydrogens is 264 g/mol. The fourth-order valence-corrected chi connectivity index (χ4v) is 2.63. The van der Waals surface area contributed by atoms with Gasteiger partial charge in [-0.15, -0.1) is 0 Å². The van der Waals surface area contributed by atoms with Crippen LogP contribution < -0.4 is 16.0 Å². The molecule has 1 fully saturated rings. The van der Waals surface area contributed by atoms with Crippen molar-refractivity contribution < 1.29 is 4.79 Å². The van der Waals surface area contributed by atoms with E-state index in [1.807, 2.05) is 13.0 Å². The minimum Gasteiger partial charge on any atom is -0.369 e. The molecule has 21 heavy (non-hydrogen) atoms. The first kappa shape index (κ1) is 15.8. The lowest BCUT2D eigenvalue weighted by Gasteiger charge is -2.37. The number of amides is 1. The van der Waals surface area contributed by atoms with Crippen molar-refractivity contribution >= 4 is 11.6 Å². The molecule has 1 saturated heterocycles. The molecule has 1 aliphatic rings. The zero-order valence-electron chi connectivity index (χ0n) is 13.0. The largest absolute Gasteiger partial charge is 0.369 e. The second-order valence-electron chi connectivity index (χ2n) is 5.82. The van der Waals surface area contributed by atoms with Gasteiger partial charge in [0.05, 0.1) is 6.04 Å². The predicted octanol–water partition coefficient (Wildman–Crippen LogP) is 0.661. The summed E-state index contributed by atoms with van der Waals surface area (Å²) in [7, 11) is 0. The Morgan fingerprint density at radius 2 is 1.81 bits per heavy atom. The third-order valence-corrected chi connectivity index (χ3v) is 3.83. The highest BCUT2D eigenvalue weighted by Gasteiger charge is 2.19. The fourth-order valence-electron chi connectivity index (χ4n) is 2.63. The number of carbonyl (C=O) groups is 1. The van der Waals surface area contributed by atoms with E-state index in [2.05, 4.69) is 39.4 Å². The van der Waals surface area contributed by atoms with Crippen molar-refractivity contribution in [2.75, 3.05) is 37.6 Å². The normalized spacial score (nSPS) is 19.1. The van der Waals surface area contributed by atoms with Gasteiger partial charge in [-0.25, -0.2) is 0 Å². The molecule has 5 nitrogen and oxygen atoms in total. The molecule has 0 radical (unpaired) electrons. The van der Waals surface area contributed by atoms with Crippen LogP contribution in [0.2, 0.25) is 0 Å². The summed E-state index contributed by atoms with van der Waals surface area (Å²) in [5, 5.41) is 2.95. The molecule has 0 saturated carbocycles. The maximum absolute atomic E-state index is 11.6. The molecule has 1 aromatic carbocycles. The summed E-state index contributed by atoms with van der Waals surface area (Å²) in [4.78, 5) is 16.4. The van der Waals surface area contributed by atoms with E-state index >= 15 is 0 Å². The van der Waals surface area contributed by atoms with Crippen molar-refractivity contribution in [1.29, 1.82) is 0 Å². The van der Waals surface area contributed by atoms with Crippen molar-refractivity contribution in [2.24, 2.45) is 5.73 Å². The summed E-state index contributed by atoms with van der Waals surface area (Å²) in [6.45, 7) is 8.71.